The van der Waals surface area contributed by atoms with Gasteiger partial charge >= 0.3 is 5.97 Å². The molecule has 0 fully saturated rings. The highest BCUT2D eigenvalue weighted by atomic mass is 16.5. The van der Waals surface area contributed by atoms with E-state index >= 15 is 0 Å². The second-order valence-electron chi connectivity index (χ2n) is 8.66. The molecule has 2 heterocycles. The van der Waals surface area contributed by atoms with Crippen LogP contribution in [0.25, 0.3) is 0 Å². The van der Waals surface area contributed by atoms with Crippen molar-refractivity contribution in [2.45, 2.75) is 72.1 Å². The number of nitrogens with one attached hydrogen (secondary N) is 1. The Morgan fingerprint density at radius 1 is 1.10 bits per heavy atom. The molecule has 4 rings (SSSR count). The van der Waals surface area contributed by atoms with Gasteiger partial charge < -0.3 is 19.5 Å². The number of carbonyl (C=O) groups excluding carboxylic acids is 2. The maximum absolute atomic E-state index is 13.2. The first-order valence-electron chi connectivity index (χ1n) is 10.7. The van der Waals surface area contributed by atoms with E-state index in [4.69, 9.17) is 14.2 Å². The van der Waals surface area contributed by atoms with Gasteiger partial charge in [0.25, 0.3) is 5.91 Å². The Bertz CT molecular complexity index is 1060. The van der Waals surface area contributed by atoms with Gasteiger partial charge in [-0.2, -0.15) is 0 Å². The Kier molecular flexibility index (Phi) is 5.42. The zero-order valence-corrected chi connectivity index (χ0v) is 18.8. The largest absolute Gasteiger partial charge is 0.477 e. The average Bonchev–Trinajstić information content (AvgIpc) is 2.75. The molecule has 0 aliphatic carbocycles. The molecule has 0 spiro atoms. The molecule has 164 valence electrons. The molecule has 0 radical (unpaired) electrons. The predicted molar refractivity (Wildman–Crippen MR) is 117 cm³/mol. The summed E-state index contributed by atoms with van der Waals surface area (Å²) in [4.78, 5) is 24.8. The van der Waals surface area contributed by atoms with Crippen molar-refractivity contribution in [2.75, 3.05) is 0 Å². The SMILES string of the molecule is CC(=O)Oc1c(C)c(C)c2c(c1C)CCC(C)(C(=O)NC1CCc3ccccc3O1)O2. The molecule has 0 aromatic heterocycles. The molecule has 2 atom stereocenters. The van der Waals surface area contributed by atoms with Crippen molar-refractivity contribution in [3.63, 3.8) is 0 Å². The minimum absolute atomic E-state index is 0.179. The lowest BCUT2D eigenvalue weighted by Gasteiger charge is -2.38. The molecular formula is C25H29NO5. The summed E-state index contributed by atoms with van der Waals surface area (Å²) < 4.78 is 17.8. The van der Waals surface area contributed by atoms with Crippen LogP contribution in [0.2, 0.25) is 0 Å². The monoisotopic (exact) mass is 423 g/mol. The fourth-order valence-corrected chi connectivity index (χ4v) is 4.42. The molecule has 2 aliphatic rings. The number of carbonyl (C=O) groups is 2. The Labute approximate surface area is 182 Å². The molecule has 2 aliphatic heterocycles. The number of rotatable bonds is 3. The van der Waals surface area contributed by atoms with Crippen LogP contribution in [0.1, 0.15) is 54.5 Å². The van der Waals surface area contributed by atoms with Gasteiger partial charge in [-0.3, -0.25) is 9.59 Å². The highest BCUT2D eigenvalue weighted by molar-refractivity contribution is 5.86. The van der Waals surface area contributed by atoms with Crippen molar-refractivity contribution in [3.05, 3.63) is 52.1 Å². The van der Waals surface area contributed by atoms with E-state index in [9.17, 15) is 9.59 Å². The molecule has 2 aromatic rings. The van der Waals surface area contributed by atoms with Crippen LogP contribution in [0.4, 0.5) is 0 Å². The third kappa shape index (κ3) is 3.87. The number of aryl methyl sites for hydroxylation is 1. The number of esters is 1. The van der Waals surface area contributed by atoms with Crippen molar-refractivity contribution < 1.29 is 23.8 Å². The molecule has 1 amide bonds. The molecule has 0 saturated heterocycles. The second-order valence-corrected chi connectivity index (χ2v) is 8.66. The summed E-state index contributed by atoms with van der Waals surface area (Å²) in [6.45, 7) is 9.00. The van der Waals surface area contributed by atoms with Gasteiger partial charge in [-0.25, -0.2) is 0 Å². The number of para-hydroxylation sites is 1. The highest BCUT2D eigenvalue weighted by Crippen LogP contribution is 2.44. The minimum atomic E-state index is -1.00. The van der Waals surface area contributed by atoms with E-state index in [-0.39, 0.29) is 18.1 Å². The van der Waals surface area contributed by atoms with Gasteiger partial charge in [-0.1, -0.05) is 18.2 Å². The number of ether oxygens (including phenoxy) is 3. The topological polar surface area (TPSA) is 73.9 Å². The first kappa shape index (κ1) is 21.2. The van der Waals surface area contributed by atoms with Crippen LogP contribution in [-0.2, 0) is 22.4 Å². The van der Waals surface area contributed by atoms with Crippen molar-refractivity contribution in [1.82, 2.24) is 5.32 Å². The molecule has 2 aromatic carbocycles. The van der Waals surface area contributed by atoms with Crippen LogP contribution >= 0.6 is 0 Å². The number of benzene rings is 2. The van der Waals surface area contributed by atoms with Crippen molar-refractivity contribution in [1.29, 1.82) is 0 Å². The summed E-state index contributed by atoms with van der Waals surface area (Å²) in [7, 11) is 0. The quantitative estimate of drug-likeness (QED) is 0.595. The molecule has 6 heteroatoms. The van der Waals surface area contributed by atoms with E-state index in [0.29, 0.717) is 24.3 Å². The molecule has 0 bridgehead atoms. The van der Waals surface area contributed by atoms with Gasteiger partial charge in [-0.05, 0) is 68.9 Å². The molecule has 0 saturated carbocycles. The van der Waals surface area contributed by atoms with Gasteiger partial charge in [0.2, 0.25) is 0 Å². The summed E-state index contributed by atoms with van der Waals surface area (Å²) in [6.07, 6.45) is 2.39. The van der Waals surface area contributed by atoms with Gasteiger partial charge in [0.05, 0.1) is 0 Å². The molecule has 6 nitrogen and oxygen atoms in total. The van der Waals surface area contributed by atoms with E-state index in [1.807, 2.05) is 52.0 Å². The van der Waals surface area contributed by atoms with Crippen LogP contribution in [0.5, 0.6) is 17.2 Å². The second kappa shape index (κ2) is 7.91. The van der Waals surface area contributed by atoms with Gasteiger partial charge in [0.15, 0.2) is 11.8 Å². The average molecular weight is 424 g/mol. The third-order valence-electron chi connectivity index (χ3n) is 6.43. The maximum atomic E-state index is 13.2. The standard InChI is InChI=1S/C25H29NO5/c1-14-15(2)23-19(16(3)22(14)29-17(4)27)12-13-25(5,31-23)24(28)26-21-11-10-18-8-6-7-9-20(18)30-21/h6-9,21H,10-13H2,1-5H3,(H,26,28). The Balaban J connectivity index is 1.55. The minimum Gasteiger partial charge on any atom is -0.477 e. The zero-order valence-electron chi connectivity index (χ0n) is 18.8. The van der Waals surface area contributed by atoms with E-state index in [1.165, 1.54) is 6.92 Å². The predicted octanol–water partition coefficient (Wildman–Crippen LogP) is 4.09. The number of fused-ring (bicyclic) bond motifs is 2. The zero-order chi connectivity index (χ0) is 22.3. The number of hydrogen-bond donors (Lipinski definition) is 1. The van der Waals surface area contributed by atoms with Crippen LogP contribution in [0, 0.1) is 20.8 Å². The lowest BCUT2D eigenvalue weighted by Crippen LogP contribution is -2.55. The summed E-state index contributed by atoms with van der Waals surface area (Å²) in [5.41, 5.74) is 3.78. The molecular weight excluding hydrogens is 394 g/mol. The molecule has 31 heavy (non-hydrogen) atoms. The van der Waals surface area contributed by atoms with E-state index in [0.717, 1.165) is 46.4 Å². The first-order valence-corrected chi connectivity index (χ1v) is 10.7. The lowest BCUT2D eigenvalue weighted by molar-refractivity contribution is -0.140. The third-order valence-corrected chi connectivity index (χ3v) is 6.43. The summed E-state index contributed by atoms with van der Waals surface area (Å²) in [6, 6.07) is 7.91. The Morgan fingerprint density at radius 3 is 2.58 bits per heavy atom. The summed E-state index contributed by atoms with van der Waals surface area (Å²) >= 11 is 0. The van der Waals surface area contributed by atoms with E-state index < -0.39 is 5.60 Å². The van der Waals surface area contributed by atoms with Crippen molar-refractivity contribution in [3.8, 4) is 17.2 Å². The van der Waals surface area contributed by atoms with Gasteiger partial charge in [-0.15, -0.1) is 0 Å². The summed E-state index contributed by atoms with van der Waals surface area (Å²) in [5, 5.41) is 3.03. The molecule has 2 unspecified atom stereocenters. The van der Waals surface area contributed by atoms with Crippen LogP contribution in [-0.4, -0.2) is 23.7 Å². The smallest absolute Gasteiger partial charge is 0.308 e. The Hall–Kier alpha value is -3.02. The first-order chi connectivity index (χ1) is 14.7. The van der Waals surface area contributed by atoms with Crippen LogP contribution in [0.3, 0.4) is 0 Å². The van der Waals surface area contributed by atoms with Crippen LogP contribution < -0.4 is 19.5 Å². The van der Waals surface area contributed by atoms with Crippen LogP contribution in [0.15, 0.2) is 24.3 Å². The van der Waals surface area contributed by atoms with Gasteiger partial charge in [0.1, 0.15) is 17.2 Å². The van der Waals surface area contributed by atoms with E-state index in [2.05, 4.69) is 5.32 Å². The fourth-order valence-electron chi connectivity index (χ4n) is 4.42. The van der Waals surface area contributed by atoms with Gasteiger partial charge in [0, 0.05) is 25.3 Å². The fraction of sp³-hybridized carbons (Fsp3) is 0.440. The van der Waals surface area contributed by atoms with Crippen molar-refractivity contribution >= 4 is 11.9 Å². The number of amides is 1. The lowest BCUT2D eigenvalue weighted by atomic mass is 9.86. The summed E-state index contributed by atoms with van der Waals surface area (Å²) in [5.74, 6) is 1.60. The van der Waals surface area contributed by atoms with Crippen molar-refractivity contribution in [2.24, 2.45) is 0 Å². The number of hydrogen-bond acceptors (Lipinski definition) is 5. The normalized spacial score (nSPS) is 21.8. The van der Waals surface area contributed by atoms with E-state index in [1.54, 1.807) is 0 Å². The Morgan fingerprint density at radius 2 is 1.84 bits per heavy atom. The molecule has 1 N–H and O–H groups in total. The highest BCUT2D eigenvalue weighted by Gasteiger charge is 2.42. The maximum Gasteiger partial charge on any atom is 0.308 e.